The van der Waals surface area contributed by atoms with Crippen LogP contribution in [0.25, 0.3) is 11.2 Å². The fourth-order valence-electron chi connectivity index (χ4n) is 1.18. The molecule has 0 radical (unpaired) electrons. The normalized spacial score (nSPS) is 10.5. The molecular weight excluding hydrogens is 196 g/mol. The molecular formula is C8H10N6O. The van der Waals surface area contributed by atoms with Crippen LogP contribution in [0.4, 0.5) is 5.95 Å². The fourth-order valence-corrected chi connectivity index (χ4v) is 1.18. The van der Waals surface area contributed by atoms with Crippen LogP contribution in [0, 0.1) is 6.92 Å². The summed E-state index contributed by atoms with van der Waals surface area (Å²) in [4.78, 5) is 26.2. The molecule has 2 aromatic heterocycles. The third kappa shape index (κ3) is 1.77. The highest BCUT2D eigenvalue weighted by molar-refractivity contribution is 5.69. The van der Waals surface area contributed by atoms with Crippen LogP contribution in [-0.2, 0) is 0 Å². The number of H-pyrrole nitrogens is 1. The lowest BCUT2D eigenvalue weighted by atomic mass is 10.4. The van der Waals surface area contributed by atoms with E-state index >= 15 is 0 Å². The summed E-state index contributed by atoms with van der Waals surface area (Å²) in [5, 5.41) is 0. The Hall–Kier alpha value is -2.02. The van der Waals surface area contributed by atoms with Crippen molar-refractivity contribution in [2.24, 2.45) is 0 Å². The number of rotatable bonds is 2. The van der Waals surface area contributed by atoms with Crippen LogP contribution in [0.2, 0.25) is 0 Å². The lowest BCUT2D eigenvalue weighted by Gasteiger charge is -2.03. The van der Waals surface area contributed by atoms with E-state index in [2.05, 4.69) is 30.8 Å². The predicted octanol–water partition coefficient (Wildman–Crippen LogP) is -0.432. The Balaban J connectivity index is 2.68. The molecule has 0 saturated heterocycles. The smallest absolute Gasteiger partial charge is 0.280 e. The molecule has 2 rings (SSSR count). The Morgan fingerprint density at radius 1 is 1.40 bits per heavy atom. The zero-order valence-corrected chi connectivity index (χ0v) is 8.33. The fraction of sp³-hybridized carbons (Fsp3) is 0.250. The van der Waals surface area contributed by atoms with Gasteiger partial charge in [-0.1, -0.05) is 0 Å². The van der Waals surface area contributed by atoms with E-state index in [9.17, 15) is 4.79 Å². The molecule has 0 aliphatic rings. The van der Waals surface area contributed by atoms with E-state index in [1.165, 1.54) is 6.20 Å². The maximum atomic E-state index is 11.5. The second kappa shape index (κ2) is 3.62. The summed E-state index contributed by atoms with van der Waals surface area (Å²) < 4.78 is 0. The molecule has 7 nitrogen and oxygen atoms in total. The number of aromatic amines is 1. The first-order chi connectivity index (χ1) is 7.20. The summed E-state index contributed by atoms with van der Waals surface area (Å²) in [6.07, 6.45) is 1.53. The molecule has 3 N–H and O–H groups in total. The van der Waals surface area contributed by atoms with E-state index in [-0.39, 0.29) is 11.1 Å². The Labute approximate surface area is 85.0 Å². The minimum absolute atomic E-state index is 0.238. The van der Waals surface area contributed by atoms with Crippen molar-refractivity contribution in [3.63, 3.8) is 0 Å². The monoisotopic (exact) mass is 206 g/mol. The van der Waals surface area contributed by atoms with Gasteiger partial charge in [0.05, 0.1) is 5.69 Å². The molecule has 0 saturated carbocycles. The molecule has 0 aliphatic carbocycles. The number of aryl methyl sites for hydroxylation is 1. The van der Waals surface area contributed by atoms with Crippen LogP contribution in [0.5, 0.6) is 0 Å². The maximum absolute atomic E-state index is 11.5. The number of hydrogen-bond donors (Lipinski definition) is 3. The third-order valence-corrected chi connectivity index (χ3v) is 1.78. The van der Waals surface area contributed by atoms with Gasteiger partial charge < -0.3 is 0 Å². The van der Waals surface area contributed by atoms with Gasteiger partial charge in [0.2, 0.25) is 5.95 Å². The number of fused-ring (bicyclic) bond motifs is 1. The molecule has 0 fully saturated rings. The van der Waals surface area contributed by atoms with Crippen LogP contribution in [-0.4, -0.2) is 27.0 Å². The third-order valence-electron chi connectivity index (χ3n) is 1.78. The lowest BCUT2D eigenvalue weighted by molar-refractivity contribution is 0.933. The molecule has 0 aromatic carbocycles. The summed E-state index contributed by atoms with van der Waals surface area (Å²) >= 11 is 0. The van der Waals surface area contributed by atoms with Gasteiger partial charge in [0.1, 0.15) is 0 Å². The summed E-state index contributed by atoms with van der Waals surface area (Å²) in [5.41, 5.74) is 6.31. The minimum Gasteiger partial charge on any atom is -0.291 e. The standard InChI is InChI=1S/C8H10N6O/c1-4-3-10-5-6(11-4)12-8(14-9-2)13-7(5)15/h3,9H,1-2H3,(H2,11,12,13,14,15). The van der Waals surface area contributed by atoms with E-state index in [1.807, 2.05) is 0 Å². The maximum Gasteiger partial charge on any atom is 0.280 e. The van der Waals surface area contributed by atoms with Crippen LogP contribution in [0.15, 0.2) is 11.0 Å². The average Bonchev–Trinajstić information content (AvgIpc) is 2.17. The van der Waals surface area contributed by atoms with E-state index in [1.54, 1.807) is 14.0 Å². The van der Waals surface area contributed by atoms with Gasteiger partial charge in [0.25, 0.3) is 5.56 Å². The van der Waals surface area contributed by atoms with Crippen molar-refractivity contribution < 1.29 is 0 Å². The number of aromatic nitrogens is 4. The first-order valence-electron chi connectivity index (χ1n) is 4.37. The second-order valence-electron chi connectivity index (χ2n) is 2.97. The largest absolute Gasteiger partial charge is 0.291 e. The van der Waals surface area contributed by atoms with E-state index < -0.39 is 0 Å². The Morgan fingerprint density at radius 2 is 2.20 bits per heavy atom. The zero-order chi connectivity index (χ0) is 10.8. The van der Waals surface area contributed by atoms with Crippen LogP contribution < -0.4 is 16.4 Å². The average molecular weight is 206 g/mol. The van der Waals surface area contributed by atoms with Crippen molar-refractivity contribution in [3.05, 3.63) is 22.2 Å². The summed E-state index contributed by atoms with van der Waals surface area (Å²) in [6, 6.07) is 0. The molecule has 0 bridgehead atoms. The first kappa shape index (κ1) is 9.53. The molecule has 0 aliphatic heterocycles. The first-order valence-corrected chi connectivity index (χ1v) is 4.37. The molecule has 0 spiro atoms. The van der Waals surface area contributed by atoms with Crippen LogP contribution in [0.3, 0.4) is 0 Å². The Morgan fingerprint density at radius 3 is 2.93 bits per heavy atom. The predicted molar refractivity (Wildman–Crippen MR) is 55.4 cm³/mol. The molecule has 15 heavy (non-hydrogen) atoms. The number of anilines is 1. The van der Waals surface area contributed by atoms with Gasteiger partial charge in [-0.15, -0.1) is 0 Å². The second-order valence-corrected chi connectivity index (χ2v) is 2.97. The summed E-state index contributed by atoms with van der Waals surface area (Å²) in [6.45, 7) is 1.79. The summed E-state index contributed by atoms with van der Waals surface area (Å²) in [5.74, 6) is 0.315. The SMILES string of the molecule is CNNc1nc2nc(C)cnc2c(=O)[nH]1. The molecule has 2 heterocycles. The van der Waals surface area contributed by atoms with E-state index in [0.717, 1.165) is 5.69 Å². The highest BCUT2D eigenvalue weighted by Crippen LogP contribution is 2.03. The zero-order valence-electron chi connectivity index (χ0n) is 8.33. The number of hydrogen-bond acceptors (Lipinski definition) is 6. The molecule has 0 unspecified atom stereocenters. The van der Waals surface area contributed by atoms with Gasteiger partial charge >= 0.3 is 0 Å². The van der Waals surface area contributed by atoms with Gasteiger partial charge in [-0.25, -0.2) is 15.4 Å². The molecule has 0 amide bonds. The van der Waals surface area contributed by atoms with Gasteiger partial charge in [-0.05, 0) is 6.92 Å². The molecule has 0 atom stereocenters. The van der Waals surface area contributed by atoms with E-state index in [4.69, 9.17) is 0 Å². The van der Waals surface area contributed by atoms with E-state index in [0.29, 0.717) is 11.6 Å². The molecule has 78 valence electrons. The van der Waals surface area contributed by atoms with Crippen molar-refractivity contribution in [2.45, 2.75) is 6.92 Å². The number of hydrazine groups is 1. The van der Waals surface area contributed by atoms with Crippen molar-refractivity contribution >= 4 is 17.1 Å². The van der Waals surface area contributed by atoms with Crippen molar-refractivity contribution in [1.82, 2.24) is 25.4 Å². The topological polar surface area (TPSA) is 95.6 Å². The summed E-state index contributed by atoms with van der Waals surface area (Å²) in [7, 11) is 1.67. The minimum atomic E-state index is -0.315. The quantitative estimate of drug-likeness (QED) is 0.577. The van der Waals surface area contributed by atoms with Crippen LogP contribution in [0.1, 0.15) is 5.69 Å². The van der Waals surface area contributed by atoms with Crippen molar-refractivity contribution in [2.75, 3.05) is 12.5 Å². The van der Waals surface area contributed by atoms with Gasteiger partial charge in [-0.3, -0.25) is 15.2 Å². The van der Waals surface area contributed by atoms with Crippen molar-refractivity contribution in [3.8, 4) is 0 Å². The van der Waals surface area contributed by atoms with Gasteiger partial charge in [0.15, 0.2) is 11.2 Å². The van der Waals surface area contributed by atoms with Crippen LogP contribution >= 0.6 is 0 Å². The Kier molecular flexibility index (Phi) is 2.30. The molecule has 2 aromatic rings. The number of nitrogens with one attached hydrogen (secondary N) is 3. The van der Waals surface area contributed by atoms with Crippen molar-refractivity contribution in [1.29, 1.82) is 0 Å². The molecule has 7 heteroatoms. The lowest BCUT2D eigenvalue weighted by Crippen LogP contribution is -2.21. The Bertz CT molecular complexity index is 548. The highest BCUT2D eigenvalue weighted by Gasteiger charge is 2.05. The number of nitrogens with zero attached hydrogens (tertiary/aromatic N) is 3. The van der Waals surface area contributed by atoms with Gasteiger partial charge in [0, 0.05) is 13.2 Å². The van der Waals surface area contributed by atoms with Gasteiger partial charge in [-0.2, -0.15) is 4.98 Å². The highest BCUT2D eigenvalue weighted by atomic mass is 16.1.